The van der Waals surface area contributed by atoms with Crippen molar-refractivity contribution in [2.75, 3.05) is 20.8 Å². The number of halogens is 1. The van der Waals surface area contributed by atoms with Gasteiger partial charge in [-0.2, -0.15) is 0 Å². The first-order valence-corrected chi connectivity index (χ1v) is 8.28. The highest BCUT2D eigenvalue weighted by molar-refractivity contribution is 9.10. The molecule has 0 saturated heterocycles. The number of amides is 2. The molecule has 0 aliphatic heterocycles. The minimum Gasteiger partial charge on any atom is -0.497 e. The second kappa shape index (κ2) is 8.57. The van der Waals surface area contributed by atoms with Crippen molar-refractivity contribution in [3.63, 3.8) is 0 Å². The van der Waals surface area contributed by atoms with Crippen molar-refractivity contribution >= 4 is 27.7 Å². The Hall–Kier alpha value is -2.48. The zero-order chi connectivity index (χ0) is 18.4. The Balaban J connectivity index is 1.95. The van der Waals surface area contributed by atoms with Gasteiger partial charge in [-0.05, 0) is 53.2 Å². The van der Waals surface area contributed by atoms with Crippen molar-refractivity contribution in [3.05, 3.63) is 46.3 Å². The molecule has 0 saturated carbocycles. The average molecular weight is 411 g/mol. The SMILES string of the molecule is COc1ccc(OC)c([C@H](C)NC(=O)CNC(=O)c2ccc(Br)o2)c1. The molecule has 0 radical (unpaired) electrons. The van der Waals surface area contributed by atoms with Crippen LogP contribution in [0, 0.1) is 0 Å². The van der Waals surface area contributed by atoms with Gasteiger partial charge < -0.3 is 24.5 Å². The van der Waals surface area contributed by atoms with Crippen molar-refractivity contribution < 1.29 is 23.5 Å². The number of hydrogen-bond acceptors (Lipinski definition) is 5. The number of carbonyl (C=O) groups excluding carboxylic acids is 2. The maximum atomic E-state index is 12.1. The third-order valence-electron chi connectivity index (χ3n) is 3.49. The number of methoxy groups -OCH3 is 2. The first-order chi connectivity index (χ1) is 11.9. The van der Waals surface area contributed by atoms with Crippen LogP contribution < -0.4 is 20.1 Å². The molecule has 2 amide bonds. The van der Waals surface area contributed by atoms with Crippen molar-refractivity contribution in [1.82, 2.24) is 10.6 Å². The van der Waals surface area contributed by atoms with Crippen molar-refractivity contribution in [2.24, 2.45) is 0 Å². The summed E-state index contributed by atoms with van der Waals surface area (Å²) in [5.41, 5.74) is 0.775. The van der Waals surface area contributed by atoms with Crippen LogP contribution in [0.15, 0.2) is 39.4 Å². The van der Waals surface area contributed by atoms with E-state index >= 15 is 0 Å². The number of hydrogen-bond donors (Lipinski definition) is 2. The molecule has 7 nitrogen and oxygen atoms in total. The predicted octanol–water partition coefficient (Wildman–Crippen LogP) is 2.67. The van der Waals surface area contributed by atoms with Gasteiger partial charge in [0, 0.05) is 5.56 Å². The number of ether oxygens (including phenoxy) is 2. The first kappa shape index (κ1) is 18.9. The minimum atomic E-state index is -0.465. The minimum absolute atomic E-state index is 0.127. The molecule has 0 aliphatic carbocycles. The van der Waals surface area contributed by atoms with Gasteiger partial charge in [-0.3, -0.25) is 9.59 Å². The number of nitrogens with one attached hydrogen (secondary N) is 2. The molecule has 2 rings (SSSR count). The first-order valence-electron chi connectivity index (χ1n) is 7.49. The summed E-state index contributed by atoms with van der Waals surface area (Å²) >= 11 is 3.12. The maximum Gasteiger partial charge on any atom is 0.287 e. The van der Waals surface area contributed by atoms with E-state index in [9.17, 15) is 9.59 Å². The summed E-state index contributed by atoms with van der Waals surface area (Å²) in [4.78, 5) is 23.9. The number of rotatable bonds is 7. The highest BCUT2D eigenvalue weighted by atomic mass is 79.9. The number of benzene rings is 1. The molecule has 25 heavy (non-hydrogen) atoms. The summed E-state index contributed by atoms with van der Waals surface area (Å²) in [5, 5.41) is 5.30. The van der Waals surface area contributed by atoms with Crippen LogP contribution in [-0.2, 0) is 4.79 Å². The Kier molecular flexibility index (Phi) is 6.46. The van der Waals surface area contributed by atoms with Gasteiger partial charge in [0.05, 0.1) is 26.8 Å². The highest BCUT2D eigenvalue weighted by Crippen LogP contribution is 2.29. The topological polar surface area (TPSA) is 89.8 Å². The average Bonchev–Trinajstić information content (AvgIpc) is 3.05. The Morgan fingerprint density at radius 3 is 2.56 bits per heavy atom. The molecule has 1 aromatic carbocycles. The van der Waals surface area contributed by atoms with Crippen LogP contribution in [0.2, 0.25) is 0 Å². The van der Waals surface area contributed by atoms with E-state index in [4.69, 9.17) is 13.9 Å². The predicted molar refractivity (Wildman–Crippen MR) is 94.8 cm³/mol. The van der Waals surface area contributed by atoms with E-state index in [1.165, 1.54) is 6.07 Å². The summed E-state index contributed by atoms with van der Waals surface area (Å²) in [6.07, 6.45) is 0. The van der Waals surface area contributed by atoms with E-state index in [1.54, 1.807) is 38.5 Å². The fourth-order valence-corrected chi connectivity index (χ4v) is 2.54. The van der Waals surface area contributed by atoms with E-state index in [2.05, 4.69) is 26.6 Å². The molecule has 1 aromatic heterocycles. The van der Waals surface area contributed by atoms with Crippen LogP contribution in [0.1, 0.15) is 29.1 Å². The van der Waals surface area contributed by atoms with Gasteiger partial charge in [0.25, 0.3) is 5.91 Å². The second-order valence-corrected chi connectivity index (χ2v) is 5.97. The van der Waals surface area contributed by atoms with Crippen molar-refractivity contribution in [2.45, 2.75) is 13.0 Å². The third-order valence-corrected chi connectivity index (χ3v) is 3.91. The van der Waals surface area contributed by atoms with E-state index in [1.807, 2.05) is 6.92 Å². The van der Waals surface area contributed by atoms with Gasteiger partial charge in [0.1, 0.15) is 11.5 Å². The monoisotopic (exact) mass is 410 g/mol. The Morgan fingerprint density at radius 1 is 1.20 bits per heavy atom. The molecule has 0 unspecified atom stereocenters. The summed E-state index contributed by atoms with van der Waals surface area (Å²) in [5.74, 6) is 0.623. The molecule has 0 spiro atoms. The van der Waals surface area contributed by atoms with Crippen LogP contribution in [0.5, 0.6) is 11.5 Å². The van der Waals surface area contributed by atoms with Gasteiger partial charge in [0.15, 0.2) is 10.4 Å². The Morgan fingerprint density at radius 2 is 1.96 bits per heavy atom. The Labute approximate surface area is 153 Å². The van der Waals surface area contributed by atoms with Gasteiger partial charge in [0.2, 0.25) is 5.91 Å². The lowest BCUT2D eigenvalue weighted by molar-refractivity contribution is -0.120. The standard InChI is InChI=1S/C17H19BrN2O5/c1-10(12-8-11(23-2)4-5-13(12)24-3)20-16(21)9-19-17(22)14-6-7-15(18)25-14/h4-8,10H,9H2,1-3H3,(H,19,22)(H,20,21)/t10-/m0/s1. The third kappa shape index (κ3) is 4.99. The molecular formula is C17H19BrN2O5. The Bertz CT molecular complexity index is 759. The zero-order valence-corrected chi connectivity index (χ0v) is 15.7. The lowest BCUT2D eigenvalue weighted by Gasteiger charge is -2.18. The lowest BCUT2D eigenvalue weighted by atomic mass is 10.1. The highest BCUT2D eigenvalue weighted by Gasteiger charge is 2.17. The molecule has 1 heterocycles. The molecule has 2 aromatic rings. The van der Waals surface area contributed by atoms with Gasteiger partial charge in [-0.25, -0.2) is 0 Å². The van der Waals surface area contributed by atoms with Crippen LogP contribution in [0.3, 0.4) is 0 Å². The smallest absolute Gasteiger partial charge is 0.287 e. The van der Waals surface area contributed by atoms with Gasteiger partial charge in [-0.15, -0.1) is 0 Å². The van der Waals surface area contributed by atoms with Gasteiger partial charge >= 0.3 is 0 Å². The summed E-state index contributed by atoms with van der Waals surface area (Å²) in [6.45, 7) is 1.65. The van der Waals surface area contributed by atoms with E-state index in [0.29, 0.717) is 16.2 Å². The number of furan rings is 1. The van der Waals surface area contributed by atoms with Crippen molar-refractivity contribution in [3.8, 4) is 11.5 Å². The quantitative estimate of drug-likeness (QED) is 0.732. The lowest BCUT2D eigenvalue weighted by Crippen LogP contribution is -2.38. The largest absolute Gasteiger partial charge is 0.497 e. The molecule has 8 heteroatoms. The van der Waals surface area contributed by atoms with E-state index in [-0.39, 0.29) is 24.3 Å². The zero-order valence-electron chi connectivity index (χ0n) is 14.1. The molecule has 1 atom stereocenters. The van der Waals surface area contributed by atoms with Crippen LogP contribution in [-0.4, -0.2) is 32.6 Å². The normalized spacial score (nSPS) is 11.5. The molecule has 2 N–H and O–H groups in total. The van der Waals surface area contributed by atoms with E-state index in [0.717, 1.165) is 5.56 Å². The molecule has 0 aliphatic rings. The van der Waals surface area contributed by atoms with Gasteiger partial charge in [-0.1, -0.05) is 0 Å². The van der Waals surface area contributed by atoms with Crippen LogP contribution in [0.4, 0.5) is 0 Å². The molecule has 0 fully saturated rings. The van der Waals surface area contributed by atoms with E-state index < -0.39 is 5.91 Å². The molecule has 134 valence electrons. The summed E-state index contributed by atoms with van der Waals surface area (Å²) in [7, 11) is 3.12. The second-order valence-electron chi connectivity index (χ2n) is 5.18. The van der Waals surface area contributed by atoms with Crippen LogP contribution >= 0.6 is 15.9 Å². The molecular weight excluding hydrogens is 392 g/mol. The number of carbonyl (C=O) groups is 2. The summed E-state index contributed by atoms with van der Waals surface area (Å²) in [6, 6.07) is 8.13. The molecule has 0 bridgehead atoms. The summed E-state index contributed by atoms with van der Waals surface area (Å²) < 4.78 is 16.1. The van der Waals surface area contributed by atoms with Crippen LogP contribution in [0.25, 0.3) is 0 Å². The fourth-order valence-electron chi connectivity index (χ4n) is 2.23. The fraction of sp³-hybridized carbons (Fsp3) is 0.294. The van der Waals surface area contributed by atoms with Crippen molar-refractivity contribution in [1.29, 1.82) is 0 Å². The maximum absolute atomic E-state index is 12.1.